The first-order chi connectivity index (χ1) is 27.1. The van der Waals surface area contributed by atoms with Crippen molar-refractivity contribution in [3.63, 3.8) is 0 Å². The quantitative estimate of drug-likeness (QED) is 0.150. The van der Waals surface area contributed by atoms with E-state index in [1.54, 1.807) is 47.6 Å². The van der Waals surface area contributed by atoms with Gasteiger partial charge in [0.15, 0.2) is 5.60 Å². The highest BCUT2D eigenvalue weighted by molar-refractivity contribution is 5.92. The Labute approximate surface area is 337 Å². The fourth-order valence-corrected chi connectivity index (χ4v) is 14.0. The van der Waals surface area contributed by atoms with Crippen LogP contribution >= 0.6 is 0 Å². The van der Waals surface area contributed by atoms with Crippen molar-refractivity contribution in [3.05, 3.63) is 35.5 Å². The molecule has 1 unspecified atom stereocenters. The number of carbonyl (C=O) groups is 4. The summed E-state index contributed by atoms with van der Waals surface area (Å²) >= 11 is 0. The molecule has 8 rings (SSSR count). The number of aliphatic hydroxyl groups is 1. The van der Waals surface area contributed by atoms with Gasteiger partial charge in [0, 0.05) is 69.8 Å². The first-order valence-corrected chi connectivity index (χ1v) is 19.9. The molecule has 4 saturated carbocycles. The normalized spacial score (nSPS) is 48.7. The average molecular weight is 817 g/mol. The number of hydrogen-bond acceptors (Lipinski definition) is 16. The third-order valence-electron chi connectivity index (χ3n) is 15.5. The van der Waals surface area contributed by atoms with Gasteiger partial charge in [-0.05, 0) is 18.4 Å². The highest BCUT2D eigenvalue weighted by atomic mass is 16.9. The van der Waals surface area contributed by atoms with Crippen molar-refractivity contribution in [2.24, 2.45) is 39.9 Å². The van der Waals surface area contributed by atoms with Gasteiger partial charge in [0.1, 0.15) is 53.1 Å². The number of rotatable bonds is 10. The Morgan fingerprint density at radius 1 is 0.914 bits per heavy atom. The maximum absolute atomic E-state index is 15.0. The SMILES string of the molecule is COC(=O)C[C@@H]1[C@]2(C)C[C@@]34O[C@]5(C)O[C@]6([C@@H](OC)[C@@H](OC(=O)C(C)C)[C@@]7(C)C(C(=C(O)C(C)C)C(=O)O[C@H]7c7ccoc7)[C@]6(O5)[C@H](OC)[C@]3(OC)[C@H]2OC(C)=O)[C@@]14C. The Morgan fingerprint density at radius 2 is 1.60 bits per heavy atom. The molecule has 0 amide bonds. The smallest absolute Gasteiger partial charge is 0.338 e. The summed E-state index contributed by atoms with van der Waals surface area (Å²) in [6.07, 6.45) is -3.54. The van der Waals surface area contributed by atoms with Crippen LogP contribution in [0.2, 0.25) is 0 Å². The molecule has 4 heterocycles. The van der Waals surface area contributed by atoms with Crippen molar-refractivity contribution in [1.82, 2.24) is 0 Å². The van der Waals surface area contributed by atoms with Crippen LogP contribution in [0.15, 0.2) is 34.3 Å². The maximum atomic E-state index is 15.0. The zero-order chi connectivity index (χ0) is 42.6. The van der Waals surface area contributed by atoms with E-state index in [2.05, 4.69) is 0 Å². The second-order valence-electron chi connectivity index (χ2n) is 18.6. The van der Waals surface area contributed by atoms with Crippen molar-refractivity contribution in [2.45, 2.75) is 134 Å². The van der Waals surface area contributed by atoms with Crippen LogP contribution in [0.1, 0.15) is 86.8 Å². The first-order valence-electron chi connectivity index (χ1n) is 19.9. The minimum Gasteiger partial charge on any atom is -0.511 e. The number of furan rings is 1. The largest absolute Gasteiger partial charge is 0.511 e. The molecular formula is C42H56O16. The Kier molecular flexibility index (Phi) is 8.89. The van der Waals surface area contributed by atoms with Crippen LogP contribution in [-0.4, -0.2) is 110 Å². The van der Waals surface area contributed by atoms with E-state index in [-0.39, 0.29) is 24.2 Å². The molecular weight excluding hydrogens is 760 g/mol. The Hall–Kier alpha value is -3.54. The van der Waals surface area contributed by atoms with Crippen LogP contribution in [0.25, 0.3) is 0 Å². The lowest BCUT2D eigenvalue weighted by Crippen LogP contribution is -2.97. The molecule has 58 heavy (non-hydrogen) atoms. The third kappa shape index (κ3) is 4.17. The molecule has 1 N–H and O–H groups in total. The summed E-state index contributed by atoms with van der Waals surface area (Å²) < 4.78 is 72.9. The molecule has 1 aromatic heterocycles. The lowest BCUT2D eigenvalue weighted by molar-refractivity contribution is -0.494. The number of aliphatic hydroxyl groups excluding tert-OH is 1. The zero-order valence-electron chi connectivity index (χ0n) is 35.4. The van der Waals surface area contributed by atoms with Crippen molar-refractivity contribution < 1.29 is 76.1 Å². The summed E-state index contributed by atoms with van der Waals surface area (Å²) in [6, 6.07) is 1.65. The summed E-state index contributed by atoms with van der Waals surface area (Å²) in [7, 11) is 5.70. The highest BCUT2D eigenvalue weighted by Crippen LogP contribution is 2.90. The van der Waals surface area contributed by atoms with Gasteiger partial charge < -0.3 is 56.9 Å². The van der Waals surface area contributed by atoms with Crippen molar-refractivity contribution in [2.75, 3.05) is 28.4 Å². The topological polar surface area (TPSA) is 194 Å². The molecule has 3 saturated heterocycles. The van der Waals surface area contributed by atoms with E-state index >= 15 is 0 Å². The lowest BCUT2D eigenvalue weighted by Gasteiger charge is -2.79. The molecule has 4 aliphatic carbocycles. The Morgan fingerprint density at radius 3 is 2.14 bits per heavy atom. The number of hydrogen-bond donors (Lipinski definition) is 1. The minimum atomic E-state index is -2.03. The molecule has 16 nitrogen and oxygen atoms in total. The fourth-order valence-electron chi connectivity index (χ4n) is 14.0. The van der Waals surface area contributed by atoms with Gasteiger partial charge in [-0.15, -0.1) is 0 Å². The van der Waals surface area contributed by atoms with Gasteiger partial charge in [-0.25, -0.2) is 4.79 Å². The van der Waals surface area contributed by atoms with Crippen LogP contribution < -0.4 is 0 Å². The molecule has 4 bridgehead atoms. The molecule has 2 spiro atoms. The van der Waals surface area contributed by atoms with Gasteiger partial charge in [0.25, 0.3) is 5.97 Å². The van der Waals surface area contributed by atoms with E-state index in [0.29, 0.717) is 5.56 Å². The van der Waals surface area contributed by atoms with Gasteiger partial charge in [0.2, 0.25) is 0 Å². The second-order valence-corrected chi connectivity index (χ2v) is 18.6. The van der Waals surface area contributed by atoms with E-state index in [4.69, 9.17) is 51.8 Å². The van der Waals surface area contributed by atoms with Crippen LogP contribution in [-0.2, 0) is 66.5 Å². The predicted molar refractivity (Wildman–Crippen MR) is 196 cm³/mol. The number of fused-ring (bicyclic) bond motifs is 3. The Bertz CT molecular complexity index is 1960. The number of esters is 4. The molecule has 1 aromatic rings. The summed E-state index contributed by atoms with van der Waals surface area (Å²) in [4.78, 5) is 56.2. The molecule has 0 aromatic carbocycles. The zero-order valence-corrected chi connectivity index (χ0v) is 35.4. The number of carbonyl (C=O) groups excluding carboxylic acids is 4. The third-order valence-corrected chi connectivity index (χ3v) is 15.5. The second kappa shape index (κ2) is 12.5. The van der Waals surface area contributed by atoms with E-state index in [0.717, 1.165) is 0 Å². The van der Waals surface area contributed by atoms with Gasteiger partial charge in [-0.1, -0.05) is 48.5 Å². The van der Waals surface area contributed by atoms with Crippen LogP contribution in [0.4, 0.5) is 0 Å². The molecule has 3 aliphatic heterocycles. The summed E-state index contributed by atoms with van der Waals surface area (Å²) in [6.45, 7) is 15.4. The maximum Gasteiger partial charge on any atom is 0.338 e. The van der Waals surface area contributed by atoms with Crippen LogP contribution in [0.5, 0.6) is 0 Å². The monoisotopic (exact) mass is 816 g/mol. The highest BCUT2D eigenvalue weighted by Gasteiger charge is 3.06. The first kappa shape index (κ1) is 41.2. The van der Waals surface area contributed by atoms with Crippen molar-refractivity contribution >= 4 is 23.9 Å². The van der Waals surface area contributed by atoms with Gasteiger partial charge in [-0.3, -0.25) is 14.4 Å². The molecule has 7 aliphatic rings. The van der Waals surface area contributed by atoms with Crippen molar-refractivity contribution in [1.29, 1.82) is 0 Å². The van der Waals surface area contributed by atoms with E-state index in [9.17, 15) is 24.3 Å². The molecule has 0 radical (unpaired) electrons. The number of methoxy groups -OCH3 is 4. The minimum absolute atomic E-state index is 0.151. The fraction of sp³-hybridized carbons (Fsp3) is 0.762. The van der Waals surface area contributed by atoms with E-state index in [1.165, 1.54) is 47.9 Å². The van der Waals surface area contributed by atoms with Crippen molar-refractivity contribution in [3.8, 4) is 0 Å². The summed E-state index contributed by atoms with van der Waals surface area (Å²) in [5.74, 6) is -8.35. The summed E-state index contributed by atoms with van der Waals surface area (Å²) in [5.41, 5.74) is -11.1. The van der Waals surface area contributed by atoms with Crippen LogP contribution in [0, 0.1) is 39.9 Å². The molecule has 320 valence electrons. The summed E-state index contributed by atoms with van der Waals surface area (Å²) in [5, 5.41) is 12.3. The van der Waals surface area contributed by atoms with Crippen LogP contribution in [0.3, 0.4) is 0 Å². The van der Waals surface area contributed by atoms with Gasteiger partial charge in [0.05, 0.1) is 36.5 Å². The number of cyclic esters (lactones) is 1. The van der Waals surface area contributed by atoms with E-state index in [1.807, 2.05) is 13.8 Å². The lowest BCUT2D eigenvalue weighted by atomic mass is 9.32. The molecule has 15 atom stereocenters. The average Bonchev–Trinajstić information content (AvgIpc) is 3.85. The predicted octanol–water partition coefficient (Wildman–Crippen LogP) is 4.49. The Balaban J connectivity index is 1.60. The molecule has 16 heteroatoms. The number of ether oxygens (including phenoxy) is 10. The van der Waals surface area contributed by atoms with E-state index < -0.39 is 123 Å². The standard InChI is InChI=1S/C42H56O16/c1-19(2)26(45)25-27-36(7,28(54-32(25)47)22-14-15-52-17-22)29(55-31(46)20(3)4)30(49-11)42-37(8)23(16-24(44)48-10)35(6)18-39(37)41(51-13,33(35)53-21(5)43)34(50-12)40(27,42)57-38(9,56-39)58-42/h14-15,17,19-20,23,27-30,33-34,45H,16,18H2,1-13H3/t23-,27?,28+,29-,30+,33+,34+,35+,36+,37+,38+,39+,40+,41-,42-/m1/s1. The molecule has 7 fully saturated rings. The number of allylic oxidation sites excluding steroid dienone is 1. The van der Waals surface area contributed by atoms with Gasteiger partial charge >= 0.3 is 23.9 Å². The van der Waals surface area contributed by atoms with Gasteiger partial charge in [-0.2, -0.15) is 0 Å².